The molecular formula is C16H20N4O2. The van der Waals surface area contributed by atoms with Gasteiger partial charge in [-0.05, 0) is 19.3 Å². The fraction of sp³-hybridized carbons (Fsp3) is 0.438. The smallest absolute Gasteiger partial charge is 0.276 e. The molecule has 1 fully saturated rings. The molecule has 1 N–H and O–H groups in total. The Morgan fingerprint density at radius 1 is 1.23 bits per heavy atom. The van der Waals surface area contributed by atoms with E-state index in [1.54, 1.807) is 7.11 Å². The van der Waals surface area contributed by atoms with Crippen molar-refractivity contribution < 1.29 is 9.53 Å². The first-order valence-electron chi connectivity index (χ1n) is 7.58. The highest BCUT2D eigenvalue weighted by Crippen LogP contribution is 2.22. The second kappa shape index (κ2) is 6.70. The third kappa shape index (κ3) is 3.01. The molecule has 0 radical (unpaired) electrons. The highest BCUT2D eigenvalue weighted by Gasteiger charge is 2.26. The number of nitrogens with one attached hydrogen (secondary N) is 1. The van der Waals surface area contributed by atoms with Gasteiger partial charge in [-0.2, -0.15) is 15.4 Å². The van der Waals surface area contributed by atoms with Crippen LogP contribution in [-0.4, -0.2) is 52.5 Å². The molecule has 2 aromatic rings. The Morgan fingerprint density at radius 2 is 2.05 bits per heavy atom. The number of hydrogen-bond acceptors (Lipinski definition) is 4. The molecule has 0 spiro atoms. The molecule has 0 saturated carbocycles. The van der Waals surface area contributed by atoms with E-state index in [1.165, 1.54) is 0 Å². The number of aromatic nitrogens is 3. The van der Waals surface area contributed by atoms with Gasteiger partial charge in [0.25, 0.3) is 5.91 Å². The molecule has 1 aromatic heterocycles. The third-order valence-corrected chi connectivity index (χ3v) is 4.09. The van der Waals surface area contributed by atoms with Crippen LogP contribution < -0.4 is 0 Å². The van der Waals surface area contributed by atoms with Crippen molar-refractivity contribution >= 4 is 5.91 Å². The molecule has 1 amide bonds. The van der Waals surface area contributed by atoms with E-state index < -0.39 is 0 Å². The van der Waals surface area contributed by atoms with Crippen molar-refractivity contribution in [2.24, 2.45) is 0 Å². The standard InChI is InChI=1S/C16H20N4O2/c1-22-13-8-5-10-20(11-9-13)16(21)15-14(17-19-18-15)12-6-3-2-4-7-12/h2-4,6-7,13H,5,8-11H2,1H3,(H,17,18,19). The molecule has 2 heterocycles. The molecule has 1 unspecified atom stereocenters. The molecule has 116 valence electrons. The van der Waals surface area contributed by atoms with Crippen molar-refractivity contribution in [3.8, 4) is 11.3 Å². The minimum atomic E-state index is -0.0654. The minimum Gasteiger partial charge on any atom is -0.381 e. The van der Waals surface area contributed by atoms with Crippen molar-refractivity contribution in [2.45, 2.75) is 25.4 Å². The van der Waals surface area contributed by atoms with E-state index in [0.29, 0.717) is 17.9 Å². The lowest BCUT2D eigenvalue weighted by Gasteiger charge is -2.19. The predicted octanol–water partition coefficient (Wildman–Crippen LogP) is 2.11. The average Bonchev–Trinajstić information content (AvgIpc) is 2.93. The predicted molar refractivity (Wildman–Crippen MR) is 82.4 cm³/mol. The number of amides is 1. The van der Waals surface area contributed by atoms with Gasteiger partial charge in [0.1, 0.15) is 5.69 Å². The fourth-order valence-corrected chi connectivity index (χ4v) is 2.83. The molecular weight excluding hydrogens is 280 g/mol. The van der Waals surface area contributed by atoms with Gasteiger partial charge in [-0.25, -0.2) is 0 Å². The molecule has 1 saturated heterocycles. The van der Waals surface area contributed by atoms with Crippen LogP contribution in [0.4, 0.5) is 0 Å². The number of likely N-dealkylation sites (tertiary alicyclic amines) is 1. The van der Waals surface area contributed by atoms with Crippen LogP contribution in [-0.2, 0) is 4.74 Å². The summed E-state index contributed by atoms with van der Waals surface area (Å²) in [4.78, 5) is 14.6. The lowest BCUT2D eigenvalue weighted by molar-refractivity contribution is 0.0719. The first kappa shape index (κ1) is 14.7. The minimum absolute atomic E-state index is 0.0654. The van der Waals surface area contributed by atoms with Gasteiger partial charge in [-0.15, -0.1) is 0 Å². The number of nitrogens with zero attached hydrogens (tertiary/aromatic N) is 3. The summed E-state index contributed by atoms with van der Waals surface area (Å²) in [5.74, 6) is -0.0654. The van der Waals surface area contributed by atoms with Crippen LogP contribution in [0.25, 0.3) is 11.3 Å². The summed E-state index contributed by atoms with van der Waals surface area (Å²) >= 11 is 0. The van der Waals surface area contributed by atoms with Gasteiger partial charge in [-0.3, -0.25) is 4.79 Å². The Labute approximate surface area is 129 Å². The molecule has 1 aliphatic heterocycles. The van der Waals surface area contributed by atoms with E-state index in [2.05, 4.69) is 15.4 Å². The average molecular weight is 300 g/mol. The first-order chi connectivity index (χ1) is 10.8. The van der Waals surface area contributed by atoms with Gasteiger partial charge in [0.2, 0.25) is 0 Å². The van der Waals surface area contributed by atoms with Gasteiger partial charge in [-0.1, -0.05) is 30.3 Å². The zero-order valence-electron chi connectivity index (χ0n) is 12.7. The van der Waals surface area contributed by atoms with Crippen molar-refractivity contribution in [3.63, 3.8) is 0 Å². The Morgan fingerprint density at radius 3 is 2.82 bits per heavy atom. The largest absolute Gasteiger partial charge is 0.381 e. The second-order valence-electron chi connectivity index (χ2n) is 5.47. The van der Waals surface area contributed by atoms with E-state index in [1.807, 2.05) is 35.2 Å². The third-order valence-electron chi connectivity index (χ3n) is 4.09. The van der Waals surface area contributed by atoms with Gasteiger partial charge >= 0.3 is 0 Å². The van der Waals surface area contributed by atoms with Crippen LogP contribution >= 0.6 is 0 Å². The van der Waals surface area contributed by atoms with Crippen molar-refractivity contribution in [3.05, 3.63) is 36.0 Å². The lowest BCUT2D eigenvalue weighted by Crippen LogP contribution is -2.33. The molecule has 1 atom stereocenters. The summed E-state index contributed by atoms with van der Waals surface area (Å²) in [6, 6.07) is 9.64. The van der Waals surface area contributed by atoms with Crippen molar-refractivity contribution in [1.82, 2.24) is 20.3 Å². The van der Waals surface area contributed by atoms with Crippen molar-refractivity contribution in [1.29, 1.82) is 0 Å². The first-order valence-corrected chi connectivity index (χ1v) is 7.58. The summed E-state index contributed by atoms with van der Waals surface area (Å²) in [6.45, 7) is 1.43. The number of hydrogen-bond donors (Lipinski definition) is 1. The molecule has 22 heavy (non-hydrogen) atoms. The van der Waals surface area contributed by atoms with E-state index in [-0.39, 0.29) is 12.0 Å². The zero-order chi connectivity index (χ0) is 15.4. The van der Waals surface area contributed by atoms with Gasteiger partial charge < -0.3 is 9.64 Å². The number of carbonyl (C=O) groups excluding carboxylic acids is 1. The normalized spacial score (nSPS) is 19.0. The number of methoxy groups -OCH3 is 1. The molecule has 6 heteroatoms. The summed E-state index contributed by atoms with van der Waals surface area (Å²) in [6.07, 6.45) is 3.04. The molecule has 6 nitrogen and oxygen atoms in total. The highest BCUT2D eigenvalue weighted by molar-refractivity contribution is 5.97. The Bertz CT molecular complexity index is 626. The number of aromatic amines is 1. The maximum Gasteiger partial charge on any atom is 0.276 e. The van der Waals surface area contributed by atoms with Crippen LogP contribution in [0.2, 0.25) is 0 Å². The molecule has 1 aromatic carbocycles. The van der Waals surface area contributed by atoms with E-state index in [0.717, 1.165) is 31.4 Å². The summed E-state index contributed by atoms with van der Waals surface area (Å²) < 4.78 is 5.41. The topological polar surface area (TPSA) is 71.1 Å². The number of benzene rings is 1. The summed E-state index contributed by atoms with van der Waals surface area (Å²) in [5, 5.41) is 10.8. The molecule has 0 aliphatic carbocycles. The maximum atomic E-state index is 12.8. The SMILES string of the molecule is COC1CCCN(C(=O)c2n[nH]nc2-c2ccccc2)CC1. The summed E-state index contributed by atoms with van der Waals surface area (Å²) in [7, 11) is 1.73. The number of H-pyrrole nitrogens is 1. The number of carbonyl (C=O) groups is 1. The monoisotopic (exact) mass is 300 g/mol. The van der Waals surface area contributed by atoms with Crippen LogP contribution in [0.3, 0.4) is 0 Å². The highest BCUT2D eigenvalue weighted by atomic mass is 16.5. The number of rotatable bonds is 3. The van der Waals surface area contributed by atoms with Gasteiger partial charge in [0.15, 0.2) is 5.69 Å². The van der Waals surface area contributed by atoms with E-state index in [4.69, 9.17) is 4.74 Å². The molecule has 0 bridgehead atoms. The Kier molecular flexibility index (Phi) is 4.48. The zero-order valence-corrected chi connectivity index (χ0v) is 12.7. The van der Waals surface area contributed by atoms with E-state index in [9.17, 15) is 4.79 Å². The van der Waals surface area contributed by atoms with E-state index >= 15 is 0 Å². The second-order valence-corrected chi connectivity index (χ2v) is 5.47. The molecule has 1 aliphatic rings. The number of ether oxygens (including phenoxy) is 1. The van der Waals surface area contributed by atoms with Crippen LogP contribution in [0.15, 0.2) is 30.3 Å². The fourth-order valence-electron chi connectivity index (χ4n) is 2.83. The molecule has 3 rings (SSSR count). The quantitative estimate of drug-likeness (QED) is 0.942. The van der Waals surface area contributed by atoms with Crippen LogP contribution in [0.1, 0.15) is 29.8 Å². The Balaban J connectivity index is 1.80. The van der Waals surface area contributed by atoms with Crippen LogP contribution in [0.5, 0.6) is 0 Å². The van der Waals surface area contributed by atoms with Crippen molar-refractivity contribution in [2.75, 3.05) is 20.2 Å². The lowest BCUT2D eigenvalue weighted by atomic mass is 10.1. The summed E-state index contributed by atoms with van der Waals surface area (Å²) in [5.41, 5.74) is 1.89. The van der Waals surface area contributed by atoms with Crippen LogP contribution in [0, 0.1) is 0 Å². The Hall–Kier alpha value is -2.21. The van der Waals surface area contributed by atoms with Gasteiger partial charge in [0, 0.05) is 25.8 Å². The van der Waals surface area contributed by atoms with Gasteiger partial charge in [0.05, 0.1) is 6.10 Å². The maximum absolute atomic E-state index is 12.8.